The van der Waals surface area contributed by atoms with Gasteiger partial charge in [-0.2, -0.15) is 0 Å². The first-order chi connectivity index (χ1) is 7.26. The van der Waals surface area contributed by atoms with Crippen LogP contribution in [0.3, 0.4) is 0 Å². The highest BCUT2D eigenvalue weighted by Gasteiger charge is 2.17. The molecule has 5 heteroatoms. The number of rotatable bonds is 2. The van der Waals surface area contributed by atoms with Crippen molar-refractivity contribution in [3.63, 3.8) is 0 Å². The fourth-order valence-electron chi connectivity index (χ4n) is 1.53. The van der Waals surface area contributed by atoms with Gasteiger partial charge in [0.2, 0.25) is 0 Å². The van der Waals surface area contributed by atoms with E-state index >= 15 is 0 Å². The Balaban J connectivity index is 2.51. The van der Waals surface area contributed by atoms with Crippen molar-refractivity contribution in [3.8, 4) is 11.5 Å². The molecule has 1 unspecified atom stereocenters. The molecule has 0 aromatic heterocycles. The number of benzene rings is 1. The maximum Gasteiger partial charge on any atom is 0.162 e. The molecule has 1 atom stereocenters. The van der Waals surface area contributed by atoms with Crippen LogP contribution in [0.4, 0.5) is 5.69 Å². The molecule has 2 rings (SSSR count). The molecule has 1 heterocycles. The minimum Gasteiger partial charge on any atom is -0.493 e. The standard InChI is InChI=1S/C10H13N3O2/c1-14-8-3-6-7(4-9(8)15-2)12-5-13-10(6)11/h3-5,10H,11H2,1-2H3,(H,12,13). The van der Waals surface area contributed by atoms with Crippen LogP contribution in [0.15, 0.2) is 17.1 Å². The van der Waals surface area contributed by atoms with Gasteiger partial charge in [0.1, 0.15) is 6.17 Å². The molecule has 5 nitrogen and oxygen atoms in total. The van der Waals surface area contributed by atoms with E-state index < -0.39 is 0 Å². The number of hydrogen-bond acceptors (Lipinski definition) is 5. The molecule has 1 aliphatic heterocycles. The lowest BCUT2D eigenvalue weighted by molar-refractivity contribution is 0.354. The average Bonchev–Trinajstić information content (AvgIpc) is 2.28. The highest BCUT2D eigenvalue weighted by molar-refractivity contribution is 5.81. The van der Waals surface area contributed by atoms with Crippen LogP contribution < -0.4 is 20.5 Å². The van der Waals surface area contributed by atoms with Crippen LogP contribution in [0.2, 0.25) is 0 Å². The zero-order valence-electron chi connectivity index (χ0n) is 8.65. The minimum atomic E-state index is -0.346. The number of aliphatic imine (C=N–C) groups is 1. The normalized spacial score (nSPS) is 17.9. The van der Waals surface area contributed by atoms with E-state index in [1.165, 1.54) is 0 Å². The van der Waals surface area contributed by atoms with E-state index in [9.17, 15) is 0 Å². The van der Waals surface area contributed by atoms with E-state index in [-0.39, 0.29) is 6.17 Å². The monoisotopic (exact) mass is 207 g/mol. The maximum atomic E-state index is 5.83. The third kappa shape index (κ3) is 1.61. The Bertz CT molecular complexity index is 404. The summed E-state index contributed by atoms with van der Waals surface area (Å²) in [7, 11) is 3.19. The third-order valence-corrected chi connectivity index (χ3v) is 2.33. The molecule has 15 heavy (non-hydrogen) atoms. The van der Waals surface area contributed by atoms with Gasteiger partial charge in [-0.15, -0.1) is 0 Å². The summed E-state index contributed by atoms with van der Waals surface area (Å²) in [6.07, 6.45) is 1.24. The number of hydrogen-bond donors (Lipinski definition) is 2. The van der Waals surface area contributed by atoms with E-state index in [1.807, 2.05) is 12.1 Å². The van der Waals surface area contributed by atoms with Crippen molar-refractivity contribution in [2.24, 2.45) is 10.7 Å². The van der Waals surface area contributed by atoms with Crippen LogP contribution in [-0.2, 0) is 0 Å². The topological polar surface area (TPSA) is 68.9 Å². The molecule has 1 aromatic carbocycles. The fourth-order valence-corrected chi connectivity index (χ4v) is 1.53. The second kappa shape index (κ2) is 3.78. The van der Waals surface area contributed by atoms with E-state index in [0.29, 0.717) is 11.5 Å². The van der Waals surface area contributed by atoms with E-state index in [4.69, 9.17) is 15.2 Å². The molecule has 1 aromatic rings. The predicted octanol–water partition coefficient (Wildman–Crippen LogP) is 1.11. The zero-order chi connectivity index (χ0) is 10.8. The largest absolute Gasteiger partial charge is 0.493 e. The lowest BCUT2D eigenvalue weighted by atomic mass is 10.1. The Morgan fingerprint density at radius 3 is 2.60 bits per heavy atom. The van der Waals surface area contributed by atoms with Gasteiger partial charge in [-0.3, -0.25) is 4.99 Å². The van der Waals surface area contributed by atoms with Crippen LogP contribution in [0.5, 0.6) is 11.5 Å². The van der Waals surface area contributed by atoms with Crippen LogP contribution in [0, 0.1) is 0 Å². The molecule has 1 aliphatic rings. The van der Waals surface area contributed by atoms with E-state index in [1.54, 1.807) is 20.6 Å². The summed E-state index contributed by atoms with van der Waals surface area (Å²) >= 11 is 0. The number of methoxy groups -OCH3 is 2. The van der Waals surface area contributed by atoms with Crippen LogP contribution >= 0.6 is 0 Å². The van der Waals surface area contributed by atoms with Crippen molar-refractivity contribution in [1.29, 1.82) is 0 Å². The van der Waals surface area contributed by atoms with Gasteiger partial charge in [0.25, 0.3) is 0 Å². The molecular weight excluding hydrogens is 194 g/mol. The van der Waals surface area contributed by atoms with E-state index in [0.717, 1.165) is 11.3 Å². The summed E-state index contributed by atoms with van der Waals surface area (Å²) in [6.45, 7) is 0. The van der Waals surface area contributed by atoms with Gasteiger partial charge >= 0.3 is 0 Å². The lowest BCUT2D eigenvalue weighted by Gasteiger charge is -2.20. The van der Waals surface area contributed by atoms with Crippen LogP contribution in [-0.4, -0.2) is 20.6 Å². The fraction of sp³-hybridized carbons (Fsp3) is 0.300. The molecule has 0 fully saturated rings. The summed E-state index contributed by atoms with van der Waals surface area (Å²) < 4.78 is 10.4. The number of nitrogens with two attached hydrogens (primary N) is 1. The van der Waals surface area contributed by atoms with Gasteiger partial charge < -0.3 is 20.5 Å². The van der Waals surface area contributed by atoms with Gasteiger partial charge in [0.05, 0.1) is 20.6 Å². The predicted molar refractivity (Wildman–Crippen MR) is 58.6 cm³/mol. The van der Waals surface area contributed by atoms with Crippen LogP contribution in [0.1, 0.15) is 11.7 Å². The molecule has 0 bridgehead atoms. The quantitative estimate of drug-likeness (QED) is 0.762. The Hall–Kier alpha value is -1.75. The minimum absolute atomic E-state index is 0.346. The highest BCUT2D eigenvalue weighted by Crippen LogP contribution is 2.36. The molecule has 0 spiro atoms. The molecule has 0 radical (unpaired) electrons. The molecule has 0 amide bonds. The molecule has 0 aliphatic carbocycles. The number of fused-ring (bicyclic) bond motifs is 1. The van der Waals surface area contributed by atoms with Gasteiger partial charge in [0, 0.05) is 17.3 Å². The summed E-state index contributed by atoms with van der Waals surface area (Å²) in [5.41, 5.74) is 7.62. The number of ether oxygens (including phenoxy) is 2. The summed E-state index contributed by atoms with van der Waals surface area (Å²) in [5.74, 6) is 1.33. The Kier molecular flexibility index (Phi) is 2.47. The summed E-state index contributed by atoms with van der Waals surface area (Å²) in [5, 5.41) is 3.01. The van der Waals surface area contributed by atoms with Crippen LogP contribution in [0.25, 0.3) is 0 Å². The van der Waals surface area contributed by atoms with Crippen molar-refractivity contribution in [3.05, 3.63) is 17.7 Å². The van der Waals surface area contributed by atoms with Crippen molar-refractivity contribution < 1.29 is 9.47 Å². The second-order valence-electron chi connectivity index (χ2n) is 3.16. The molecule has 80 valence electrons. The molecular formula is C10H13N3O2. The first-order valence-corrected chi connectivity index (χ1v) is 4.56. The zero-order valence-corrected chi connectivity index (χ0v) is 8.65. The Morgan fingerprint density at radius 2 is 1.93 bits per heavy atom. The number of anilines is 1. The SMILES string of the molecule is COc1cc2c(cc1OC)C(N)N=CN2. The maximum absolute atomic E-state index is 5.83. The van der Waals surface area contributed by atoms with Crippen molar-refractivity contribution in [1.82, 2.24) is 0 Å². The molecule has 0 saturated heterocycles. The van der Waals surface area contributed by atoms with Gasteiger partial charge in [0.15, 0.2) is 11.5 Å². The number of nitrogens with one attached hydrogen (secondary N) is 1. The van der Waals surface area contributed by atoms with Crippen molar-refractivity contribution in [2.75, 3.05) is 19.5 Å². The first kappa shape index (κ1) is 9.79. The van der Waals surface area contributed by atoms with E-state index in [2.05, 4.69) is 10.3 Å². The first-order valence-electron chi connectivity index (χ1n) is 4.56. The summed E-state index contributed by atoms with van der Waals surface area (Å²) in [6, 6.07) is 3.68. The average molecular weight is 207 g/mol. The molecule has 3 N–H and O–H groups in total. The smallest absolute Gasteiger partial charge is 0.162 e. The summed E-state index contributed by atoms with van der Waals surface area (Å²) in [4.78, 5) is 4.05. The Labute approximate surface area is 87.9 Å². The van der Waals surface area contributed by atoms with Gasteiger partial charge in [-0.05, 0) is 6.07 Å². The second-order valence-corrected chi connectivity index (χ2v) is 3.16. The van der Waals surface area contributed by atoms with Crippen molar-refractivity contribution in [2.45, 2.75) is 6.17 Å². The number of nitrogens with zero attached hydrogens (tertiary/aromatic N) is 1. The molecule has 0 saturated carbocycles. The lowest BCUT2D eigenvalue weighted by Crippen LogP contribution is -2.16. The van der Waals surface area contributed by atoms with Gasteiger partial charge in [-0.25, -0.2) is 0 Å². The third-order valence-electron chi connectivity index (χ3n) is 2.33. The van der Waals surface area contributed by atoms with Gasteiger partial charge in [-0.1, -0.05) is 0 Å². The highest BCUT2D eigenvalue weighted by atomic mass is 16.5. The van der Waals surface area contributed by atoms with Crippen molar-refractivity contribution >= 4 is 12.0 Å². The Morgan fingerprint density at radius 1 is 1.27 bits per heavy atom.